The van der Waals surface area contributed by atoms with Gasteiger partial charge in [-0.1, -0.05) is 48.5 Å². The van der Waals surface area contributed by atoms with Crippen molar-refractivity contribution in [2.24, 2.45) is 0 Å². The molecule has 0 radical (unpaired) electrons. The zero-order valence-electron chi connectivity index (χ0n) is 11.2. The molecule has 1 heterocycles. The molecule has 0 atom stereocenters. The maximum atomic E-state index is 12.3. The van der Waals surface area contributed by atoms with E-state index in [9.17, 15) is 9.90 Å². The van der Waals surface area contributed by atoms with Gasteiger partial charge in [-0.05, 0) is 18.6 Å². The summed E-state index contributed by atoms with van der Waals surface area (Å²) in [5, 5.41) is 10.9. The summed E-state index contributed by atoms with van der Waals surface area (Å²) in [4.78, 5) is 12.3. The van der Waals surface area contributed by atoms with Crippen molar-refractivity contribution in [1.29, 1.82) is 0 Å². The molecular weight excluding hydrogens is 250 g/mol. The summed E-state index contributed by atoms with van der Waals surface area (Å²) in [5.41, 5.74) is 2.17. The van der Waals surface area contributed by atoms with E-state index in [1.54, 1.807) is 11.5 Å². The fourth-order valence-electron chi connectivity index (χ4n) is 2.47. The Hall–Kier alpha value is -2.55. The van der Waals surface area contributed by atoms with Gasteiger partial charge in [0.2, 0.25) is 0 Å². The molecule has 3 nitrogen and oxygen atoms in total. The maximum Gasteiger partial charge on any atom is 0.293 e. The molecule has 0 spiro atoms. The van der Waals surface area contributed by atoms with Crippen LogP contribution in [-0.2, 0) is 6.54 Å². The van der Waals surface area contributed by atoms with Gasteiger partial charge in [0.1, 0.15) is 0 Å². The molecule has 0 saturated carbocycles. The van der Waals surface area contributed by atoms with Crippen molar-refractivity contribution >= 4 is 10.9 Å². The van der Waals surface area contributed by atoms with Crippen LogP contribution in [0, 0.1) is 6.92 Å². The summed E-state index contributed by atoms with van der Waals surface area (Å²) in [7, 11) is 0. The number of nitrogens with zero attached hydrogens (tertiary/aromatic N) is 1. The number of hydrogen-bond acceptors (Lipinski definition) is 2. The predicted molar refractivity (Wildman–Crippen MR) is 80.2 cm³/mol. The van der Waals surface area contributed by atoms with Gasteiger partial charge < -0.3 is 9.67 Å². The Bertz CT molecular complexity index is 820. The van der Waals surface area contributed by atoms with Gasteiger partial charge in [-0.2, -0.15) is 0 Å². The molecule has 2 aromatic carbocycles. The van der Waals surface area contributed by atoms with Gasteiger partial charge in [0.25, 0.3) is 5.56 Å². The van der Waals surface area contributed by atoms with Crippen molar-refractivity contribution in [3.8, 4) is 5.75 Å². The standard InChI is InChI=1S/C17H15NO2/c1-12-14-9-5-6-10-15(14)18(17(20)16(12)19)11-13-7-3-2-4-8-13/h2-10,19H,11H2,1H3. The van der Waals surface area contributed by atoms with Crippen LogP contribution in [0.5, 0.6) is 5.75 Å². The van der Waals surface area contributed by atoms with Gasteiger partial charge in [-0.25, -0.2) is 0 Å². The second-order valence-electron chi connectivity index (χ2n) is 4.87. The normalized spacial score (nSPS) is 10.8. The molecule has 3 aromatic rings. The highest BCUT2D eigenvalue weighted by atomic mass is 16.3. The minimum Gasteiger partial charge on any atom is -0.503 e. The first kappa shape index (κ1) is 12.5. The van der Waals surface area contributed by atoms with Crippen molar-refractivity contribution in [3.05, 3.63) is 76.1 Å². The van der Waals surface area contributed by atoms with Crippen LogP contribution < -0.4 is 5.56 Å². The third-order valence-corrected chi connectivity index (χ3v) is 3.59. The Labute approximate surface area is 116 Å². The lowest BCUT2D eigenvalue weighted by atomic mass is 10.1. The molecule has 1 aromatic heterocycles. The number of aryl methyl sites for hydroxylation is 1. The smallest absolute Gasteiger partial charge is 0.293 e. The van der Waals surface area contributed by atoms with Crippen LogP contribution >= 0.6 is 0 Å². The average Bonchev–Trinajstić information content (AvgIpc) is 2.50. The second-order valence-corrected chi connectivity index (χ2v) is 4.87. The lowest BCUT2D eigenvalue weighted by molar-refractivity contribution is 0.457. The van der Waals surface area contributed by atoms with E-state index in [0.717, 1.165) is 16.5 Å². The third kappa shape index (κ3) is 1.97. The van der Waals surface area contributed by atoms with E-state index in [2.05, 4.69) is 0 Å². The summed E-state index contributed by atoms with van der Waals surface area (Å²) in [6, 6.07) is 17.4. The second kappa shape index (κ2) is 4.85. The van der Waals surface area contributed by atoms with Gasteiger partial charge in [-0.3, -0.25) is 4.79 Å². The molecule has 3 heteroatoms. The van der Waals surface area contributed by atoms with Crippen molar-refractivity contribution in [3.63, 3.8) is 0 Å². The van der Waals surface area contributed by atoms with Gasteiger partial charge in [0, 0.05) is 10.9 Å². The molecule has 0 aliphatic rings. The van der Waals surface area contributed by atoms with Gasteiger partial charge in [0.05, 0.1) is 12.1 Å². The highest BCUT2D eigenvalue weighted by Crippen LogP contribution is 2.23. The van der Waals surface area contributed by atoms with E-state index in [0.29, 0.717) is 12.1 Å². The van der Waals surface area contributed by atoms with E-state index >= 15 is 0 Å². The fraction of sp³-hybridized carbons (Fsp3) is 0.118. The first-order chi connectivity index (χ1) is 9.68. The first-order valence-corrected chi connectivity index (χ1v) is 6.53. The molecule has 20 heavy (non-hydrogen) atoms. The van der Waals surface area contributed by atoms with E-state index in [4.69, 9.17) is 0 Å². The van der Waals surface area contributed by atoms with Crippen LogP contribution in [0.15, 0.2) is 59.4 Å². The molecule has 0 bridgehead atoms. The van der Waals surface area contributed by atoms with Crippen LogP contribution in [0.25, 0.3) is 10.9 Å². The van der Waals surface area contributed by atoms with Crippen molar-refractivity contribution < 1.29 is 5.11 Å². The minimum atomic E-state index is -0.343. The van der Waals surface area contributed by atoms with Crippen molar-refractivity contribution in [2.75, 3.05) is 0 Å². The molecule has 100 valence electrons. The minimum absolute atomic E-state index is 0.167. The first-order valence-electron chi connectivity index (χ1n) is 6.53. The molecular formula is C17H15NO2. The summed E-state index contributed by atoms with van der Waals surface area (Å²) in [6.45, 7) is 2.22. The topological polar surface area (TPSA) is 42.2 Å². The maximum absolute atomic E-state index is 12.3. The number of para-hydroxylation sites is 1. The van der Waals surface area contributed by atoms with Crippen molar-refractivity contribution in [2.45, 2.75) is 13.5 Å². The fourth-order valence-corrected chi connectivity index (χ4v) is 2.47. The Kier molecular flexibility index (Phi) is 3.03. The lowest BCUT2D eigenvalue weighted by Gasteiger charge is -2.13. The summed E-state index contributed by atoms with van der Waals surface area (Å²) >= 11 is 0. The largest absolute Gasteiger partial charge is 0.503 e. The molecule has 0 unspecified atom stereocenters. The number of aromatic nitrogens is 1. The highest BCUT2D eigenvalue weighted by molar-refractivity contribution is 5.84. The third-order valence-electron chi connectivity index (χ3n) is 3.59. The monoisotopic (exact) mass is 265 g/mol. The SMILES string of the molecule is Cc1c(O)c(=O)n(Cc2ccccc2)c2ccccc12. The number of hydrogen-bond donors (Lipinski definition) is 1. The zero-order chi connectivity index (χ0) is 14.1. The van der Waals surface area contributed by atoms with E-state index < -0.39 is 0 Å². The molecule has 0 aliphatic carbocycles. The van der Waals surface area contributed by atoms with Crippen LogP contribution in [0.3, 0.4) is 0 Å². The zero-order valence-corrected chi connectivity index (χ0v) is 11.2. The predicted octanol–water partition coefficient (Wildman–Crippen LogP) is 3.06. The molecule has 0 saturated heterocycles. The summed E-state index contributed by atoms with van der Waals surface area (Å²) in [6.07, 6.45) is 0. The Morgan fingerprint density at radius 3 is 2.40 bits per heavy atom. The molecule has 0 amide bonds. The molecule has 0 fully saturated rings. The Morgan fingerprint density at radius 2 is 1.65 bits per heavy atom. The van der Waals surface area contributed by atoms with Crippen LogP contribution in [-0.4, -0.2) is 9.67 Å². The average molecular weight is 265 g/mol. The van der Waals surface area contributed by atoms with Crippen LogP contribution in [0.2, 0.25) is 0 Å². The number of rotatable bonds is 2. The molecule has 0 aliphatic heterocycles. The van der Waals surface area contributed by atoms with Crippen molar-refractivity contribution in [1.82, 2.24) is 4.57 Å². The van der Waals surface area contributed by atoms with E-state index in [-0.39, 0.29) is 11.3 Å². The Balaban J connectivity index is 2.27. The van der Waals surface area contributed by atoms with Gasteiger partial charge in [0.15, 0.2) is 5.75 Å². The van der Waals surface area contributed by atoms with Crippen LogP contribution in [0.1, 0.15) is 11.1 Å². The van der Waals surface area contributed by atoms with E-state index in [1.165, 1.54) is 0 Å². The van der Waals surface area contributed by atoms with Gasteiger partial charge in [-0.15, -0.1) is 0 Å². The number of benzene rings is 2. The highest BCUT2D eigenvalue weighted by Gasteiger charge is 2.12. The number of aromatic hydroxyl groups is 1. The van der Waals surface area contributed by atoms with Crippen LogP contribution in [0.4, 0.5) is 0 Å². The molecule has 1 N–H and O–H groups in total. The quantitative estimate of drug-likeness (QED) is 0.773. The molecule has 3 rings (SSSR count). The summed E-state index contributed by atoms with van der Waals surface area (Å²) in [5.74, 6) is -0.167. The lowest BCUT2D eigenvalue weighted by Crippen LogP contribution is -2.21. The van der Waals surface area contributed by atoms with Gasteiger partial charge >= 0.3 is 0 Å². The number of fused-ring (bicyclic) bond motifs is 1. The van der Waals surface area contributed by atoms with E-state index in [1.807, 2.05) is 54.6 Å². The number of pyridine rings is 1. The Morgan fingerprint density at radius 1 is 1.00 bits per heavy atom. The summed E-state index contributed by atoms with van der Waals surface area (Å²) < 4.78 is 1.62.